The molecular weight excluding hydrogens is 432 g/mol. The third-order valence-corrected chi connectivity index (χ3v) is 4.60. The Labute approximate surface area is 148 Å². The second kappa shape index (κ2) is 7.53. The summed E-state index contributed by atoms with van der Waals surface area (Å²) in [5, 5.41) is 4.82. The first kappa shape index (κ1) is 17.4. The van der Waals surface area contributed by atoms with Crippen LogP contribution in [0.1, 0.15) is 20.8 Å². The number of carbonyl (C=O) groups is 3. The van der Waals surface area contributed by atoms with E-state index >= 15 is 0 Å². The highest BCUT2D eigenvalue weighted by Gasteiger charge is 2.12. The SMILES string of the molecule is NCC(=O)NC(=O)c1ccc(NC(=O)c2cc(Br)c(Br)[nH]2)cc1. The van der Waals surface area contributed by atoms with Gasteiger partial charge in [0, 0.05) is 11.3 Å². The summed E-state index contributed by atoms with van der Waals surface area (Å²) >= 11 is 6.54. The monoisotopic (exact) mass is 442 g/mol. The van der Waals surface area contributed by atoms with Crippen molar-refractivity contribution >= 4 is 55.3 Å². The zero-order valence-electron chi connectivity index (χ0n) is 11.7. The fourth-order valence-corrected chi connectivity index (χ4v) is 2.34. The van der Waals surface area contributed by atoms with E-state index in [9.17, 15) is 14.4 Å². The third kappa shape index (κ3) is 4.50. The molecule has 120 valence electrons. The van der Waals surface area contributed by atoms with Crippen molar-refractivity contribution in [2.45, 2.75) is 0 Å². The molecule has 1 aromatic heterocycles. The van der Waals surface area contributed by atoms with E-state index in [-0.39, 0.29) is 18.0 Å². The maximum Gasteiger partial charge on any atom is 0.272 e. The van der Waals surface area contributed by atoms with Crippen molar-refractivity contribution in [3.05, 3.63) is 50.7 Å². The van der Waals surface area contributed by atoms with Crippen LogP contribution in [0.15, 0.2) is 39.4 Å². The first-order valence-electron chi connectivity index (χ1n) is 6.40. The molecule has 0 fully saturated rings. The molecule has 9 heteroatoms. The minimum absolute atomic E-state index is 0.263. The Balaban J connectivity index is 2.03. The van der Waals surface area contributed by atoms with Gasteiger partial charge in [0.05, 0.1) is 15.6 Å². The van der Waals surface area contributed by atoms with Gasteiger partial charge >= 0.3 is 0 Å². The number of H-pyrrole nitrogens is 1. The number of amides is 3. The maximum absolute atomic E-state index is 12.1. The van der Waals surface area contributed by atoms with Gasteiger partial charge in [-0.05, 0) is 62.2 Å². The van der Waals surface area contributed by atoms with Gasteiger partial charge in [-0.1, -0.05) is 0 Å². The lowest BCUT2D eigenvalue weighted by molar-refractivity contribution is -0.118. The minimum atomic E-state index is -0.560. The number of aromatic amines is 1. The van der Waals surface area contributed by atoms with E-state index in [1.54, 1.807) is 18.2 Å². The van der Waals surface area contributed by atoms with Crippen molar-refractivity contribution in [1.82, 2.24) is 10.3 Å². The lowest BCUT2D eigenvalue weighted by Crippen LogP contribution is -2.35. The van der Waals surface area contributed by atoms with Crippen LogP contribution in [-0.2, 0) is 4.79 Å². The average Bonchev–Trinajstić information content (AvgIpc) is 2.87. The highest BCUT2D eigenvalue weighted by atomic mass is 79.9. The van der Waals surface area contributed by atoms with Crippen molar-refractivity contribution in [2.75, 3.05) is 11.9 Å². The van der Waals surface area contributed by atoms with Gasteiger partial charge < -0.3 is 16.0 Å². The molecule has 0 saturated carbocycles. The number of halogens is 2. The number of benzene rings is 1. The molecule has 0 radical (unpaired) electrons. The fourth-order valence-electron chi connectivity index (χ4n) is 1.68. The van der Waals surface area contributed by atoms with Gasteiger partial charge in [-0.15, -0.1) is 0 Å². The number of aromatic nitrogens is 1. The number of carbonyl (C=O) groups excluding carboxylic acids is 3. The number of anilines is 1. The number of nitrogens with two attached hydrogens (primary N) is 1. The summed E-state index contributed by atoms with van der Waals surface area (Å²) in [4.78, 5) is 37.7. The predicted octanol–water partition coefficient (Wildman–Crippen LogP) is 2.01. The molecule has 0 aliphatic carbocycles. The number of hydrogen-bond acceptors (Lipinski definition) is 4. The van der Waals surface area contributed by atoms with Crippen LogP contribution >= 0.6 is 31.9 Å². The molecule has 1 heterocycles. The second-order valence-electron chi connectivity index (χ2n) is 4.46. The Hall–Kier alpha value is -1.97. The van der Waals surface area contributed by atoms with Gasteiger partial charge in [-0.2, -0.15) is 0 Å². The van der Waals surface area contributed by atoms with E-state index in [1.165, 1.54) is 12.1 Å². The van der Waals surface area contributed by atoms with Gasteiger partial charge in [0.2, 0.25) is 5.91 Å². The van der Waals surface area contributed by atoms with Crippen molar-refractivity contribution in [2.24, 2.45) is 5.73 Å². The molecule has 5 N–H and O–H groups in total. The van der Waals surface area contributed by atoms with Gasteiger partial charge in [-0.25, -0.2) is 0 Å². The summed E-state index contributed by atoms with van der Waals surface area (Å²) in [7, 11) is 0. The first-order valence-corrected chi connectivity index (χ1v) is 7.99. The van der Waals surface area contributed by atoms with Crippen molar-refractivity contribution in [3.63, 3.8) is 0 Å². The standard InChI is InChI=1S/C14H12Br2N4O3/c15-9-5-10(19-12(9)16)14(23)18-8-3-1-7(2-4-8)13(22)20-11(21)6-17/h1-5,19H,6,17H2,(H,18,23)(H,20,21,22). The second-order valence-corrected chi connectivity index (χ2v) is 6.11. The molecule has 23 heavy (non-hydrogen) atoms. The Morgan fingerprint density at radius 1 is 1.09 bits per heavy atom. The van der Waals surface area contributed by atoms with Crippen molar-refractivity contribution < 1.29 is 14.4 Å². The summed E-state index contributed by atoms with van der Waals surface area (Å²) in [5.74, 6) is -1.43. The van der Waals surface area contributed by atoms with Gasteiger partial charge in [-0.3, -0.25) is 19.7 Å². The lowest BCUT2D eigenvalue weighted by Gasteiger charge is -2.06. The zero-order valence-corrected chi connectivity index (χ0v) is 14.8. The van der Waals surface area contributed by atoms with Crippen LogP contribution in [0.2, 0.25) is 0 Å². The van der Waals surface area contributed by atoms with Crippen molar-refractivity contribution in [1.29, 1.82) is 0 Å². The van der Waals surface area contributed by atoms with E-state index in [0.717, 1.165) is 4.47 Å². The molecule has 2 rings (SSSR count). The highest BCUT2D eigenvalue weighted by molar-refractivity contribution is 9.13. The lowest BCUT2D eigenvalue weighted by atomic mass is 10.2. The maximum atomic E-state index is 12.1. The quantitative estimate of drug-likeness (QED) is 0.578. The number of nitrogens with one attached hydrogen (secondary N) is 3. The smallest absolute Gasteiger partial charge is 0.272 e. The molecule has 0 aliphatic heterocycles. The fraction of sp³-hybridized carbons (Fsp3) is 0.0714. The molecule has 0 atom stereocenters. The van der Waals surface area contributed by atoms with Crippen LogP contribution in [0.3, 0.4) is 0 Å². The molecule has 0 unspecified atom stereocenters. The summed E-state index contributed by atoms with van der Waals surface area (Å²) in [6.07, 6.45) is 0. The zero-order chi connectivity index (χ0) is 17.0. The van der Waals surface area contributed by atoms with E-state index < -0.39 is 11.8 Å². The highest BCUT2D eigenvalue weighted by Crippen LogP contribution is 2.23. The summed E-state index contributed by atoms with van der Waals surface area (Å²) < 4.78 is 1.40. The normalized spacial score (nSPS) is 10.2. The van der Waals surface area contributed by atoms with Gasteiger partial charge in [0.15, 0.2) is 0 Å². The predicted molar refractivity (Wildman–Crippen MR) is 92.1 cm³/mol. The van der Waals surface area contributed by atoms with Crippen LogP contribution in [-0.4, -0.2) is 29.3 Å². The average molecular weight is 444 g/mol. The van der Waals surface area contributed by atoms with Crippen LogP contribution in [0.4, 0.5) is 5.69 Å². The largest absolute Gasteiger partial charge is 0.344 e. The summed E-state index contributed by atoms with van der Waals surface area (Å²) in [6, 6.07) is 7.75. The molecule has 0 bridgehead atoms. The Kier molecular flexibility index (Phi) is 5.69. The Bertz CT molecular complexity index is 736. The summed E-state index contributed by atoms with van der Waals surface area (Å²) in [6.45, 7) is -0.263. The number of imide groups is 1. The molecule has 0 saturated heterocycles. The van der Waals surface area contributed by atoms with E-state index in [2.05, 4.69) is 47.5 Å². The van der Waals surface area contributed by atoms with E-state index in [0.29, 0.717) is 16.0 Å². The topological polar surface area (TPSA) is 117 Å². The van der Waals surface area contributed by atoms with Gasteiger partial charge in [0.25, 0.3) is 11.8 Å². The molecule has 2 aromatic rings. The molecule has 0 aliphatic rings. The first-order chi connectivity index (χ1) is 10.9. The van der Waals surface area contributed by atoms with Crippen LogP contribution < -0.4 is 16.4 Å². The molecule has 0 spiro atoms. The third-order valence-electron chi connectivity index (χ3n) is 2.81. The molecular formula is C14H12Br2N4O3. The molecule has 1 aromatic carbocycles. The Morgan fingerprint density at radius 3 is 2.26 bits per heavy atom. The van der Waals surface area contributed by atoms with Crippen molar-refractivity contribution in [3.8, 4) is 0 Å². The Morgan fingerprint density at radius 2 is 1.74 bits per heavy atom. The van der Waals surface area contributed by atoms with Gasteiger partial charge in [0.1, 0.15) is 5.69 Å². The van der Waals surface area contributed by atoms with E-state index in [4.69, 9.17) is 5.73 Å². The molecule has 7 nitrogen and oxygen atoms in total. The number of rotatable bonds is 4. The summed E-state index contributed by atoms with van der Waals surface area (Å²) in [5.41, 5.74) is 6.30. The minimum Gasteiger partial charge on any atom is -0.344 e. The van der Waals surface area contributed by atoms with E-state index in [1.807, 2.05) is 0 Å². The number of hydrogen-bond donors (Lipinski definition) is 4. The molecule has 3 amide bonds. The van der Waals surface area contributed by atoms with Crippen LogP contribution in [0.5, 0.6) is 0 Å². The van der Waals surface area contributed by atoms with Crippen LogP contribution in [0, 0.1) is 0 Å². The van der Waals surface area contributed by atoms with Crippen LogP contribution in [0.25, 0.3) is 0 Å².